The van der Waals surface area contributed by atoms with Crippen LogP contribution < -0.4 is 10.1 Å². The van der Waals surface area contributed by atoms with Gasteiger partial charge in [0, 0.05) is 12.1 Å². The minimum absolute atomic E-state index is 0.00484. The number of nitro benzene ring substituents is 1. The van der Waals surface area contributed by atoms with E-state index in [0.717, 1.165) is 29.3 Å². The van der Waals surface area contributed by atoms with Crippen LogP contribution in [-0.2, 0) is 4.79 Å². The normalized spacial score (nSPS) is 10.3. The summed E-state index contributed by atoms with van der Waals surface area (Å²) in [6.45, 7) is 4.00. The van der Waals surface area contributed by atoms with E-state index in [-0.39, 0.29) is 24.4 Å². The van der Waals surface area contributed by atoms with Crippen LogP contribution in [0.1, 0.15) is 17.5 Å². The molecule has 0 bridgehead atoms. The number of amides is 1. The molecule has 0 atom stereocenters. The number of nitrogens with zero attached hydrogens (tertiary/aromatic N) is 1. The highest BCUT2D eigenvalue weighted by atomic mass is 19.1. The average molecular weight is 332 g/mol. The molecule has 1 amide bonds. The molecule has 0 spiro atoms. The first-order valence-electron chi connectivity index (χ1n) is 7.30. The Hall–Kier alpha value is -2.96. The van der Waals surface area contributed by atoms with Crippen molar-refractivity contribution in [3.05, 3.63) is 63.5 Å². The van der Waals surface area contributed by atoms with Gasteiger partial charge in [-0.3, -0.25) is 14.9 Å². The molecular formula is C17H17FN2O4. The highest BCUT2D eigenvalue weighted by molar-refractivity contribution is 5.91. The average Bonchev–Trinajstić information content (AvgIpc) is 2.48. The predicted molar refractivity (Wildman–Crippen MR) is 87.7 cm³/mol. The monoisotopic (exact) mass is 332 g/mol. The lowest BCUT2D eigenvalue weighted by molar-refractivity contribution is -0.384. The summed E-state index contributed by atoms with van der Waals surface area (Å²) in [7, 11) is 0. The number of aryl methyl sites for hydroxylation is 2. The minimum atomic E-state index is -0.732. The molecular weight excluding hydrogens is 315 g/mol. The number of hydrogen-bond acceptors (Lipinski definition) is 4. The standard InChI is InChI=1S/C17H17FN2O4/c1-11-7-12(2)9-14(8-11)24-6-5-17(21)19-16-10-13(20(22)23)3-4-15(16)18/h3-4,7-10H,5-6H2,1-2H3,(H,19,21). The van der Waals surface area contributed by atoms with Crippen molar-refractivity contribution >= 4 is 17.3 Å². The molecule has 0 fully saturated rings. The number of hydrogen-bond donors (Lipinski definition) is 1. The van der Waals surface area contributed by atoms with Gasteiger partial charge in [-0.15, -0.1) is 0 Å². The summed E-state index contributed by atoms with van der Waals surface area (Å²) in [6.07, 6.45) is -0.00484. The molecule has 0 aliphatic rings. The second kappa shape index (κ2) is 7.54. The smallest absolute Gasteiger partial charge is 0.271 e. The Morgan fingerprint density at radius 2 is 1.88 bits per heavy atom. The van der Waals surface area contributed by atoms with E-state index in [1.54, 1.807) is 0 Å². The summed E-state index contributed by atoms with van der Waals surface area (Å²) in [5.41, 5.74) is 1.58. The van der Waals surface area contributed by atoms with Gasteiger partial charge in [0.2, 0.25) is 5.91 Å². The zero-order valence-electron chi connectivity index (χ0n) is 13.3. The van der Waals surface area contributed by atoms with E-state index in [1.165, 1.54) is 0 Å². The van der Waals surface area contributed by atoms with E-state index in [9.17, 15) is 19.3 Å². The van der Waals surface area contributed by atoms with Crippen LogP contribution in [-0.4, -0.2) is 17.4 Å². The molecule has 0 aliphatic carbocycles. The minimum Gasteiger partial charge on any atom is -0.493 e. The van der Waals surface area contributed by atoms with Gasteiger partial charge < -0.3 is 10.1 Å². The highest BCUT2D eigenvalue weighted by Crippen LogP contribution is 2.21. The molecule has 2 aromatic carbocycles. The molecule has 126 valence electrons. The maximum atomic E-state index is 13.6. The van der Waals surface area contributed by atoms with Crippen LogP contribution in [0.2, 0.25) is 0 Å². The number of rotatable bonds is 6. The van der Waals surface area contributed by atoms with Gasteiger partial charge >= 0.3 is 0 Å². The molecule has 0 saturated carbocycles. The first-order valence-corrected chi connectivity index (χ1v) is 7.30. The Morgan fingerprint density at radius 3 is 2.50 bits per heavy atom. The van der Waals surface area contributed by atoms with E-state index in [1.807, 2.05) is 32.0 Å². The predicted octanol–water partition coefficient (Wildman–Crippen LogP) is 3.76. The van der Waals surface area contributed by atoms with Gasteiger partial charge in [-0.25, -0.2) is 4.39 Å². The zero-order chi connectivity index (χ0) is 17.7. The molecule has 0 radical (unpaired) electrons. The SMILES string of the molecule is Cc1cc(C)cc(OCCC(=O)Nc2cc([N+](=O)[O-])ccc2F)c1. The molecule has 7 heteroatoms. The van der Waals surface area contributed by atoms with Crippen molar-refractivity contribution in [2.24, 2.45) is 0 Å². The lowest BCUT2D eigenvalue weighted by Crippen LogP contribution is -2.16. The van der Waals surface area contributed by atoms with Crippen molar-refractivity contribution in [2.45, 2.75) is 20.3 Å². The van der Waals surface area contributed by atoms with Gasteiger partial charge in [-0.1, -0.05) is 6.07 Å². The van der Waals surface area contributed by atoms with E-state index in [4.69, 9.17) is 4.74 Å². The van der Waals surface area contributed by atoms with Gasteiger partial charge in [-0.05, 0) is 43.2 Å². The van der Waals surface area contributed by atoms with Crippen molar-refractivity contribution in [1.29, 1.82) is 0 Å². The fraction of sp³-hybridized carbons (Fsp3) is 0.235. The largest absolute Gasteiger partial charge is 0.493 e. The number of anilines is 1. The zero-order valence-corrected chi connectivity index (χ0v) is 13.3. The van der Waals surface area contributed by atoms with Crippen molar-refractivity contribution in [3.8, 4) is 5.75 Å². The lowest BCUT2D eigenvalue weighted by atomic mass is 10.1. The number of nitro groups is 1. The Bertz CT molecular complexity index is 757. The van der Waals surface area contributed by atoms with E-state index >= 15 is 0 Å². The van der Waals surface area contributed by atoms with Crippen molar-refractivity contribution in [2.75, 3.05) is 11.9 Å². The topological polar surface area (TPSA) is 81.5 Å². The first-order chi connectivity index (χ1) is 11.3. The molecule has 6 nitrogen and oxygen atoms in total. The van der Waals surface area contributed by atoms with Gasteiger partial charge in [0.05, 0.1) is 23.6 Å². The fourth-order valence-electron chi connectivity index (χ4n) is 2.21. The molecule has 0 aliphatic heterocycles. The third-order valence-electron chi connectivity index (χ3n) is 3.23. The maximum Gasteiger partial charge on any atom is 0.271 e. The Balaban J connectivity index is 1.91. The van der Waals surface area contributed by atoms with Crippen molar-refractivity contribution in [3.63, 3.8) is 0 Å². The van der Waals surface area contributed by atoms with Gasteiger partial charge in [0.25, 0.3) is 5.69 Å². The van der Waals surface area contributed by atoms with Crippen LogP contribution in [0.3, 0.4) is 0 Å². The van der Waals surface area contributed by atoms with Crippen LogP contribution in [0.4, 0.5) is 15.8 Å². The molecule has 24 heavy (non-hydrogen) atoms. The van der Waals surface area contributed by atoms with Crippen LogP contribution in [0.5, 0.6) is 5.75 Å². The fourth-order valence-corrected chi connectivity index (χ4v) is 2.21. The quantitative estimate of drug-likeness (QED) is 0.645. The first kappa shape index (κ1) is 17.4. The third kappa shape index (κ3) is 4.77. The summed E-state index contributed by atoms with van der Waals surface area (Å²) < 4.78 is 19.1. The molecule has 0 aromatic heterocycles. The van der Waals surface area contributed by atoms with Gasteiger partial charge in [0.15, 0.2) is 0 Å². The lowest BCUT2D eigenvalue weighted by Gasteiger charge is -2.09. The Kier molecular flexibility index (Phi) is 5.47. The molecule has 0 saturated heterocycles. The van der Waals surface area contributed by atoms with Crippen LogP contribution in [0.15, 0.2) is 36.4 Å². The molecule has 0 unspecified atom stereocenters. The van der Waals surface area contributed by atoms with Crippen LogP contribution in [0, 0.1) is 29.8 Å². The highest BCUT2D eigenvalue weighted by Gasteiger charge is 2.13. The summed E-state index contributed by atoms with van der Waals surface area (Å²) >= 11 is 0. The number of non-ortho nitro benzene ring substituents is 1. The van der Waals surface area contributed by atoms with Gasteiger partial charge in [-0.2, -0.15) is 0 Å². The number of benzene rings is 2. The van der Waals surface area contributed by atoms with E-state index in [0.29, 0.717) is 5.75 Å². The molecule has 2 rings (SSSR count). The van der Waals surface area contributed by atoms with Crippen molar-refractivity contribution in [1.82, 2.24) is 0 Å². The number of carbonyl (C=O) groups is 1. The molecule has 1 N–H and O–H groups in total. The molecule has 0 heterocycles. The second-order valence-electron chi connectivity index (χ2n) is 5.39. The summed E-state index contributed by atoms with van der Waals surface area (Å²) in [4.78, 5) is 21.9. The number of halogens is 1. The second-order valence-corrected chi connectivity index (χ2v) is 5.39. The van der Waals surface area contributed by atoms with Gasteiger partial charge in [0.1, 0.15) is 11.6 Å². The van der Waals surface area contributed by atoms with Crippen LogP contribution in [0.25, 0.3) is 0 Å². The number of carbonyl (C=O) groups excluding carboxylic acids is 1. The Labute approximate surface area is 138 Å². The summed E-state index contributed by atoms with van der Waals surface area (Å²) in [6, 6.07) is 8.67. The van der Waals surface area contributed by atoms with E-state index in [2.05, 4.69) is 5.32 Å². The number of nitrogens with one attached hydrogen (secondary N) is 1. The van der Waals surface area contributed by atoms with E-state index < -0.39 is 16.6 Å². The summed E-state index contributed by atoms with van der Waals surface area (Å²) in [5, 5.41) is 13.0. The number of ether oxygens (including phenoxy) is 1. The molecule has 2 aromatic rings. The maximum absolute atomic E-state index is 13.6. The third-order valence-corrected chi connectivity index (χ3v) is 3.23. The van der Waals surface area contributed by atoms with Crippen LogP contribution >= 0.6 is 0 Å². The summed E-state index contributed by atoms with van der Waals surface area (Å²) in [5.74, 6) is -0.565. The van der Waals surface area contributed by atoms with Crippen molar-refractivity contribution < 1.29 is 18.8 Å². The Morgan fingerprint density at radius 1 is 1.21 bits per heavy atom.